The molecule has 0 aliphatic heterocycles. The summed E-state index contributed by atoms with van der Waals surface area (Å²) in [6, 6.07) is 0. The topological polar surface area (TPSA) is 43.4 Å². The second-order valence-corrected chi connectivity index (χ2v) is 2.69. The monoisotopic (exact) mass is 170 g/mol. The fraction of sp³-hybridized carbons (Fsp3) is 0.556. The number of ketones is 1. The van der Waals surface area contributed by atoms with Crippen molar-refractivity contribution in [3.05, 3.63) is 12.2 Å². The quantitative estimate of drug-likeness (QED) is 0.363. The Bertz CT molecular complexity index is 192. The highest BCUT2D eigenvalue weighted by Gasteiger charge is 2.09. The first-order valence-corrected chi connectivity index (χ1v) is 3.97. The van der Waals surface area contributed by atoms with E-state index in [2.05, 4.69) is 4.74 Å². The molecule has 68 valence electrons. The van der Waals surface area contributed by atoms with Crippen LogP contribution in [0.1, 0.15) is 20.8 Å². The second-order valence-electron chi connectivity index (χ2n) is 2.69. The lowest BCUT2D eigenvalue weighted by molar-refractivity contribution is -0.151. The molecule has 0 aliphatic carbocycles. The van der Waals surface area contributed by atoms with Crippen molar-refractivity contribution in [2.75, 3.05) is 6.61 Å². The zero-order valence-electron chi connectivity index (χ0n) is 7.66. The van der Waals surface area contributed by atoms with Gasteiger partial charge in [0, 0.05) is 0 Å². The average Bonchev–Trinajstić information content (AvgIpc) is 2.00. The van der Waals surface area contributed by atoms with Gasteiger partial charge in [-0.1, -0.05) is 19.9 Å². The molecule has 12 heavy (non-hydrogen) atoms. The largest absolute Gasteiger partial charge is 0.460 e. The van der Waals surface area contributed by atoms with Crippen LogP contribution in [0.25, 0.3) is 0 Å². The molecule has 3 heteroatoms. The molecule has 0 N–H and O–H groups in total. The maximum absolute atomic E-state index is 10.9. The fourth-order valence-electron chi connectivity index (χ4n) is 0.550. The van der Waals surface area contributed by atoms with E-state index in [1.165, 1.54) is 6.08 Å². The van der Waals surface area contributed by atoms with Gasteiger partial charge in [-0.3, -0.25) is 4.79 Å². The number of carbonyl (C=O) groups is 2. The van der Waals surface area contributed by atoms with E-state index in [9.17, 15) is 9.59 Å². The summed E-state index contributed by atoms with van der Waals surface area (Å²) in [5.74, 6) is -1.11. The summed E-state index contributed by atoms with van der Waals surface area (Å²) in [6.45, 7) is 5.75. The molecule has 0 aromatic rings. The van der Waals surface area contributed by atoms with E-state index in [4.69, 9.17) is 0 Å². The third-order valence-corrected chi connectivity index (χ3v) is 1.11. The molecule has 0 saturated heterocycles. The number of esters is 1. The molecule has 0 radical (unpaired) electrons. The van der Waals surface area contributed by atoms with Crippen molar-refractivity contribution in [1.82, 2.24) is 0 Å². The fourth-order valence-corrected chi connectivity index (χ4v) is 0.550. The molecule has 0 aromatic heterocycles. The smallest absolute Gasteiger partial charge is 0.378 e. The van der Waals surface area contributed by atoms with Crippen LogP contribution in [0.2, 0.25) is 0 Å². The van der Waals surface area contributed by atoms with Gasteiger partial charge < -0.3 is 4.74 Å². The molecule has 0 heterocycles. The van der Waals surface area contributed by atoms with E-state index < -0.39 is 11.8 Å². The number of allylic oxidation sites excluding steroid dienone is 1. The summed E-state index contributed by atoms with van der Waals surface area (Å²) in [4.78, 5) is 21.6. The Balaban J connectivity index is 3.95. The first-order chi connectivity index (χ1) is 5.57. The van der Waals surface area contributed by atoms with Gasteiger partial charge in [-0.25, -0.2) is 4.79 Å². The molecule has 0 atom stereocenters. The zero-order valence-corrected chi connectivity index (χ0v) is 7.66. The van der Waals surface area contributed by atoms with E-state index in [0.717, 1.165) is 0 Å². The molecule has 0 unspecified atom stereocenters. The lowest BCUT2D eigenvalue weighted by atomic mass is 10.2. The standard InChI is InChI=1S/C9H14O3/c1-4-12-9(11)8(10)6-5-7(2)3/h5-7H,4H2,1-3H3. The molecule has 3 nitrogen and oxygen atoms in total. The van der Waals surface area contributed by atoms with E-state index in [1.807, 2.05) is 13.8 Å². The van der Waals surface area contributed by atoms with Crippen LogP contribution in [0.5, 0.6) is 0 Å². The van der Waals surface area contributed by atoms with Gasteiger partial charge in [0.2, 0.25) is 0 Å². The van der Waals surface area contributed by atoms with Gasteiger partial charge in [0.1, 0.15) is 0 Å². The summed E-state index contributed by atoms with van der Waals surface area (Å²) >= 11 is 0. The summed E-state index contributed by atoms with van der Waals surface area (Å²) in [5, 5.41) is 0. The van der Waals surface area contributed by atoms with E-state index in [-0.39, 0.29) is 12.5 Å². The van der Waals surface area contributed by atoms with Crippen LogP contribution in [0.15, 0.2) is 12.2 Å². The van der Waals surface area contributed by atoms with Gasteiger partial charge in [-0.15, -0.1) is 0 Å². The molecule has 0 saturated carbocycles. The first kappa shape index (κ1) is 10.9. The lowest BCUT2D eigenvalue weighted by Gasteiger charge is -1.96. The summed E-state index contributed by atoms with van der Waals surface area (Å²) < 4.78 is 4.50. The van der Waals surface area contributed by atoms with Crippen molar-refractivity contribution in [2.45, 2.75) is 20.8 Å². The molecule has 0 spiro atoms. The number of rotatable bonds is 4. The lowest BCUT2D eigenvalue weighted by Crippen LogP contribution is -2.14. The van der Waals surface area contributed by atoms with Crippen molar-refractivity contribution in [3.8, 4) is 0 Å². The number of hydrogen-bond donors (Lipinski definition) is 0. The Kier molecular flexibility index (Phi) is 5.00. The third kappa shape index (κ3) is 4.66. The Morgan fingerprint density at radius 1 is 1.42 bits per heavy atom. The minimum Gasteiger partial charge on any atom is -0.460 e. The van der Waals surface area contributed by atoms with Crippen molar-refractivity contribution < 1.29 is 14.3 Å². The van der Waals surface area contributed by atoms with Crippen LogP contribution >= 0.6 is 0 Å². The van der Waals surface area contributed by atoms with Crippen LogP contribution in [-0.4, -0.2) is 18.4 Å². The first-order valence-electron chi connectivity index (χ1n) is 3.97. The SMILES string of the molecule is CCOC(=O)C(=O)C=CC(C)C. The van der Waals surface area contributed by atoms with Gasteiger partial charge in [-0.2, -0.15) is 0 Å². The minimum atomic E-state index is -0.783. The van der Waals surface area contributed by atoms with E-state index in [0.29, 0.717) is 0 Å². The van der Waals surface area contributed by atoms with E-state index in [1.54, 1.807) is 13.0 Å². The van der Waals surface area contributed by atoms with E-state index >= 15 is 0 Å². The molecule has 0 bridgehead atoms. The van der Waals surface area contributed by atoms with Gasteiger partial charge in [0.05, 0.1) is 6.61 Å². The third-order valence-electron chi connectivity index (χ3n) is 1.11. The number of carbonyl (C=O) groups excluding carboxylic acids is 2. The van der Waals surface area contributed by atoms with Crippen molar-refractivity contribution in [3.63, 3.8) is 0 Å². The highest BCUT2D eigenvalue weighted by atomic mass is 16.5. The van der Waals surface area contributed by atoms with Crippen LogP contribution in [0, 0.1) is 5.92 Å². The molecule has 0 aromatic carbocycles. The Hall–Kier alpha value is -1.12. The van der Waals surface area contributed by atoms with Gasteiger partial charge in [0.15, 0.2) is 0 Å². The van der Waals surface area contributed by atoms with Gasteiger partial charge >= 0.3 is 5.97 Å². The average molecular weight is 170 g/mol. The minimum absolute atomic E-state index is 0.236. The Morgan fingerprint density at radius 2 is 2.00 bits per heavy atom. The Morgan fingerprint density at radius 3 is 2.42 bits per heavy atom. The second kappa shape index (κ2) is 5.52. The predicted octanol–water partition coefficient (Wildman–Crippen LogP) is 1.33. The maximum Gasteiger partial charge on any atom is 0.378 e. The molecule has 0 rings (SSSR count). The molecule has 0 amide bonds. The molecule has 0 aliphatic rings. The van der Waals surface area contributed by atoms with Crippen LogP contribution in [0.3, 0.4) is 0 Å². The van der Waals surface area contributed by atoms with Crippen LogP contribution in [-0.2, 0) is 14.3 Å². The highest BCUT2D eigenvalue weighted by molar-refractivity contribution is 6.38. The molecular weight excluding hydrogens is 156 g/mol. The van der Waals surface area contributed by atoms with Crippen LogP contribution in [0.4, 0.5) is 0 Å². The molecular formula is C9H14O3. The van der Waals surface area contributed by atoms with Crippen molar-refractivity contribution in [1.29, 1.82) is 0 Å². The summed E-state index contributed by atoms with van der Waals surface area (Å²) in [5.41, 5.74) is 0. The number of ether oxygens (including phenoxy) is 1. The molecule has 0 fully saturated rings. The Labute approximate surface area is 72.4 Å². The highest BCUT2D eigenvalue weighted by Crippen LogP contribution is 1.94. The van der Waals surface area contributed by atoms with Crippen molar-refractivity contribution >= 4 is 11.8 Å². The number of hydrogen-bond acceptors (Lipinski definition) is 3. The normalized spacial score (nSPS) is 10.7. The maximum atomic E-state index is 10.9. The predicted molar refractivity (Wildman–Crippen MR) is 45.6 cm³/mol. The summed E-state index contributed by atoms with van der Waals surface area (Å²) in [7, 11) is 0. The van der Waals surface area contributed by atoms with Gasteiger partial charge in [0.25, 0.3) is 5.78 Å². The zero-order chi connectivity index (χ0) is 9.56. The van der Waals surface area contributed by atoms with Crippen LogP contribution < -0.4 is 0 Å². The van der Waals surface area contributed by atoms with Crippen molar-refractivity contribution in [2.24, 2.45) is 5.92 Å². The summed E-state index contributed by atoms with van der Waals surface area (Å²) in [6.07, 6.45) is 2.92. The van der Waals surface area contributed by atoms with Gasteiger partial charge in [-0.05, 0) is 18.9 Å².